The lowest BCUT2D eigenvalue weighted by molar-refractivity contribution is 0.0692. The molecule has 3 nitrogen and oxygen atoms in total. The van der Waals surface area contributed by atoms with Crippen molar-refractivity contribution in [3.8, 4) is 5.75 Å². The second-order valence-electron chi connectivity index (χ2n) is 2.18. The molecule has 0 aliphatic heterocycles. The highest BCUT2D eigenvalue weighted by Crippen LogP contribution is 2.31. The quantitative estimate of drug-likeness (QED) is 0.447. The highest BCUT2D eigenvalue weighted by atomic mass is 127. The van der Waals surface area contributed by atoms with Crippen LogP contribution in [0, 0.1) is 10.7 Å². The lowest BCUT2D eigenvalue weighted by Gasteiger charge is -2.06. The maximum Gasteiger partial charge on any atom is 0.340 e. The Bertz CT molecular complexity index is 349. The predicted molar refractivity (Wildman–Crippen MR) is 73.2 cm³/mol. The van der Waals surface area contributed by atoms with Crippen molar-refractivity contribution < 1.29 is 15.0 Å². The summed E-state index contributed by atoms with van der Waals surface area (Å²) in [5, 5.41) is 18.3. The number of aromatic carboxylic acids is 1. The van der Waals surface area contributed by atoms with Crippen LogP contribution in [0.1, 0.15) is 10.4 Å². The molecule has 13 heavy (non-hydrogen) atoms. The smallest absolute Gasteiger partial charge is 0.340 e. The third kappa shape index (κ3) is 2.37. The Kier molecular flexibility index (Phi) is 4.04. The largest absolute Gasteiger partial charge is 0.506 e. The van der Waals surface area contributed by atoms with Crippen LogP contribution in [0.2, 0.25) is 0 Å². The maximum absolute atomic E-state index is 10.8. The molecule has 1 rings (SSSR count). The maximum atomic E-state index is 10.8. The molecule has 0 heterocycles. The summed E-state index contributed by atoms with van der Waals surface area (Å²) in [4.78, 5) is 10.8. The minimum atomic E-state index is -1.10. The second-order valence-corrected chi connectivity index (χ2v) is 5.59. The van der Waals surface area contributed by atoms with Crippen LogP contribution in [0.3, 0.4) is 0 Å². The first kappa shape index (κ1) is 11.8. The normalized spacial score (nSPS) is 10.1. The molecule has 0 aromatic heterocycles. The van der Waals surface area contributed by atoms with Gasteiger partial charge in [0.05, 0.1) is 3.57 Å². The van der Waals surface area contributed by atoms with E-state index in [1.54, 1.807) is 6.07 Å². The van der Waals surface area contributed by atoms with E-state index in [1.807, 2.05) is 67.8 Å². The zero-order valence-corrected chi connectivity index (χ0v) is 12.5. The molecular weight excluding hydrogens is 513 g/mol. The number of hydrogen-bond donors (Lipinski definition) is 2. The van der Waals surface area contributed by atoms with Crippen LogP contribution in [0.15, 0.2) is 6.07 Å². The van der Waals surface area contributed by atoms with Crippen LogP contribution in [-0.4, -0.2) is 16.2 Å². The van der Waals surface area contributed by atoms with Crippen molar-refractivity contribution in [2.24, 2.45) is 0 Å². The number of hydrogen-bond acceptors (Lipinski definition) is 2. The van der Waals surface area contributed by atoms with Crippen LogP contribution < -0.4 is 0 Å². The highest BCUT2D eigenvalue weighted by Gasteiger charge is 2.18. The zero-order valence-electron chi connectivity index (χ0n) is 6.01. The van der Waals surface area contributed by atoms with Crippen molar-refractivity contribution in [3.05, 3.63) is 22.3 Å². The molecule has 0 atom stereocenters. The summed E-state index contributed by atoms with van der Waals surface area (Å²) in [5.41, 5.74) is -0.0168. The Morgan fingerprint density at radius 3 is 2.23 bits per heavy atom. The average Bonchev–Trinajstić information content (AvgIpc) is 2.01. The van der Waals surface area contributed by atoms with Gasteiger partial charge < -0.3 is 10.2 Å². The molecule has 0 fully saturated rings. The van der Waals surface area contributed by atoms with Gasteiger partial charge in [-0.05, 0) is 73.8 Å². The van der Waals surface area contributed by atoms with E-state index in [1.165, 1.54) is 0 Å². The fraction of sp³-hybridized carbons (Fsp3) is 0. The van der Waals surface area contributed by atoms with Gasteiger partial charge in [-0.15, -0.1) is 0 Å². The van der Waals surface area contributed by atoms with Crippen LogP contribution in [-0.2, 0) is 0 Å². The van der Waals surface area contributed by atoms with Gasteiger partial charge in [0, 0.05) is 7.14 Å². The summed E-state index contributed by atoms with van der Waals surface area (Å²) in [6, 6.07) is 1.74. The number of halogens is 3. The first-order valence-corrected chi connectivity index (χ1v) is 6.28. The Balaban J connectivity index is 3.56. The molecule has 0 saturated heterocycles. The van der Waals surface area contributed by atoms with E-state index in [0.29, 0.717) is 7.14 Å². The van der Waals surface area contributed by atoms with Gasteiger partial charge in [0.25, 0.3) is 0 Å². The van der Waals surface area contributed by atoms with Crippen molar-refractivity contribution in [2.45, 2.75) is 0 Å². The lowest BCUT2D eigenvalue weighted by atomic mass is 10.2. The Morgan fingerprint density at radius 2 is 1.77 bits per heavy atom. The van der Waals surface area contributed by atoms with Gasteiger partial charge in [0.1, 0.15) is 11.3 Å². The summed E-state index contributed by atoms with van der Waals surface area (Å²) in [6.07, 6.45) is 0. The minimum Gasteiger partial charge on any atom is -0.506 e. The van der Waals surface area contributed by atoms with E-state index < -0.39 is 5.97 Å². The van der Waals surface area contributed by atoms with E-state index in [-0.39, 0.29) is 11.3 Å². The van der Waals surface area contributed by atoms with Crippen LogP contribution >= 0.6 is 67.8 Å². The Hall–Kier alpha value is 0.680. The molecule has 0 amide bonds. The standard InChI is InChI=1S/C7H3I3O3/c8-2-1-3(9)6(11)4(5(2)10)7(12)13/h1,11H,(H,12,13). The zero-order chi connectivity index (χ0) is 10.2. The van der Waals surface area contributed by atoms with Gasteiger partial charge >= 0.3 is 5.97 Å². The molecule has 1 aromatic carbocycles. The van der Waals surface area contributed by atoms with Gasteiger partial charge in [-0.3, -0.25) is 0 Å². The highest BCUT2D eigenvalue weighted by molar-refractivity contribution is 14.1. The van der Waals surface area contributed by atoms with Crippen LogP contribution in [0.25, 0.3) is 0 Å². The van der Waals surface area contributed by atoms with E-state index in [4.69, 9.17) is 5.11 Å². The summed E-state index contributed by atoms with van der Waals surface area (Å²) in [5.74, 6) is -1.25. The fourth-order valence-electron chi connectivity index (χ4n) is 0.781. The third-order valence-corrected chi connectivity index (χ3v) is 5.19. The first-order chi connectivity index (χ1) is 5.95. The molecule has 0 saturated carbocycles. The molecule has 0 unspecified atom stereocenters. The van der Waals surface area contributed by atoms with Crippen molar-refractivity contribution in [1.82, 2.24) is 0 Å². The second kappa shape index (κ2) is 4.47. The number of carbonyl (C=O) groups is 1. The van der Waals surface area contributed by atoms with Gasteiger partial charge in [-0.2, -0.15) is 0 Å². The van der Waals surface area contributed by atoms with Gasteiger partial charge in [0.15, 0.2) is 0 Å². The molecule has 0 aliphatic carbocycles. The van der Waals surface area contributed by atoms with Crippen LogP contribution in [0.5, 0.6) is 5.75 Å². The first-order valence-electron chi connectivity index (χ1n) is 3.05. The monoisotopic (exact) mass is 516 g/mol. The van der Waals surface area contributed by atoms with E-state index in [9.17, 15) is 9.90 Å². The van der Waals surface area contributed by atoms with Crippen molar-refractivity contribution in [2.75, 3.05) is 0 Å². The van der Waals surface area contributed by atoms with Gasteiger partial charge in [-0.25, -0.2) is 4.79 Å². The lowest BCUT2D eigenvalue weighted by Crippen LogP contribution is -2.03. The number of carboxylic acids is 1. The summed E-state index contributed by atoms with van der Waals surface area (Å²) in [6.45, 7) is 0. The van der Waals surface area contributed by atoms with Crippen molar-refractivity contribution in [3.63, 3.8) is 0 Å². The molecule has 0 bridgehead atoms. The molecular formula is C7H3I3O3. The minimum absolute atomic E-state index is 0.0168. The average molecular weight is 516 g/mol. The molecule has 1 aromatic rings. The molecule has 2 N–H and O–H groups in total. The molecule has 0 radical (unpaired) electrons. The molecule has 6 heteroatoms. The predicted octanol–water partition coefficient (Wildman–Crippen LogP) is 2.90. The van der Waals surface area contributed by atoms with E-state index >= 15 is 0 Å². The number of benzene rings is 1. The number of phenols is 1. The third-order valence-electron chi connectivity index (χ3n) is 1.36. The van der Waals surface area contributed by atoms with Crippen LogP contribution in [0.4, 0.5) is 0 Å². The number of carboxylic acid groups (broad SMARTS) is 1. The molecule has 0 spiro atoms. The summed E-state index contributed by atoms with van der Waals surface area (Å²) in [7, 11) is 0. The summed E-state index contributed by atoms with van der Waals surface area (Å²) >= 11 is 5.85. The van der Waals surface area contributed by atoms with E-state index in [2.05, 4.69) is 0 Å². The summed E-state index contributed by atoms with van der Waals surface area (Å²) < 4.78 is 1.96. The van der Waals surface area contributed by atoms with Crippen molar-refractivity contribution in [1.29, 1.82) is 0 Å². The SMILES string of the molecule is O=C(O)c1c(O)c(I)cc(I)c1I. The van der Waals surface area contributed by atoms with Gasteiger partial charge in [0.2, 0.25) is 0 Å². The Morgan fingerprint density at radius 1 is 1.23 bits per heavy atom. The van der Waals surface area contributed by atoms with Crippen molar-refractivity contribution >= 4 is 73.7 Å². The Labute approximate surface area is 115 Å². The number of rotatable bonds is 1. The fourth-order valence-corrected chi connectivity index (χ4v) is 3.18. The number of aromatic hydroxyl groups is 1. The molecule has 0 aliphatic rings. The topological polar surface area (TPSA) is 57.5 Å². The van der Waals surface area contributed by atoms with E-state index in [0.717, 1.165) is 3.57 Å². The van der Waals surface area contributed by atoms with Gasteiger partial charge in [-0.1, -0.05) is 0 Å². The molecule has 70 valence electrons.